The van der Waals surface area contributed by atoms with E-state index in [1.807, 2.05) is 72.8 Å². The summed E-state index contributed by atoms with van der Waals surface area (Å²) in [4.78, 5) is 0. The summed E-state index contributed by atoms with van der Waals surface area (Å²) < 4.78 is 11.2. The first-order valence-corrected chi connectivity index (χ1v) is 9.06. The molecule has 28 heavy (non-hydrogen) atoms. The first-order chi connectivity index (χ1) is 13.7. The molecule has 0 atom stereocenters. The minimum atomic E-state index is 0.601. The zero-order valence-corrected chi connectivity index (χ0v) is 15.9. The molecule has 0 saturated heterocycles. The lowest BCUT2D eigenvalue weighted by molar-refractivity contribution is 0.415. The molecular weight excluding hydrogens is 368 g/mol. The molecule has 0 aliphatic carbocycles. The molecule has 1 aromatic heterocycles. The maximum Gasteiger partial charge on any atom is 0.186 e. The molecule has 4 rings (SSSR count). The molecule has 4 aromatic rings. The first kappa shape index (κ1) is 17.8. The zero-order valence-electron chi connectivity index (χ0n) is 15.1. The van der Waals surface area contributed by atoms with Crippen molar-refractivity contribution in [1.82, 2.24) is 0 Å². The van der Waals surface area contributed by atoms with Crippen LogP contribution in [0.1, 0.15) is 22.6 Å². The minimum Gasteiger partial charge on any atom is -0.497 e. The summed E-state index contributed by atoms with van der Waals surface area (Å²) in [6.45, 7) is 0. The highest BCUT2D eigenvalue weighted by molar-refractivity contribution is 6.30. The quantitative estimate of drug-likeness (QED) is 0.383. The lowest BCUT2D eigenvalue weighted by Gasteiger charge is -1.97. The summed E-state index contributed by atoms with van der Waals surface area (Å²) in [6, 6.07) is 22.9. The SMILES string of the molecule is COc1ccc(C#Cc2oc(C#Cc3ccc(Cl)cc3)c3ccccc23)cc1. The van der Waals surface area contributed by atoms with Gasteiger partial charge in [-0.25, -0.2) is 0 Å². The summed E-state index contributed by atoms with van der Waals surface area (Å²) in [5.41, 5.74) is 1.76. The van der Waals surface area contributed by atoms with Crippen molar-refractivity contribution in [3.63, 3.8) is 0 Å². The van der Waals surface area contributed by atoms with E-state index < -0.39 is 0 Å². The third kappa shape index (κ3) is 3.89. The Labute approximate surface area is 168 Å². The molecule has 0 unspecified atom stereocenters. The van der Waals surface area contributed by atoms with E-state index in [4.69, 9.17) is 20.8 Å². The van der Waals surface area contributed by atoms with Gasteiger partial charge in [0.2, 0.25) is 0 Å². The van der Waals surface area contributed by atoms with Crippen LogP contribution < -0.4 is 4.74 Å². The van der Waals surface area contributed by atoms with Gasteiger partial charge in [-0.1, -0.05) is 35.6 Å². The molecule has 0 aliphatic rings. The molecule has 2 nitrogen and oxygen atoms in total. The van der Waals surface area contributed by atoms with Gasteiger partial charge in [-0.3, -0.25) is 0 Å². The van der Waals surface area contributed by atoms with E-state index in [0.717, 1.165) is 27.6 Å². The number of furan rings is 1. The van der Waals surface area contributed by atoms with Crippen LogP contribution in [0.3, 0.4) is 0 Å². The highest BCUT2D eigenvalue weighted by Gasteiger charge is 2.09. The van der Waals surface area contributed by atoms with E-state index in [1.165, 1.54) is 0 Å². The molecule has 134 valence electrons. The molecule has 0 N–H and O–H groups in total. The average molecular weight is 383 g/mol. The second-order valence-corrected chi connectivity index (χ2v) is 6.48. The summed E-state index contributed by atoms with van der Waals surface area (Å²) in [6.07, 6.45) is 0. The molecular formula is C25H15ClO2. The average Bonchev–Trinajstić information content (AvgIpc) is 3.10. The fourth-order valence-corrected chi connectivity index (χ4v) is 2.87. The molecule has 3 aromatic carbocycles. The maximum atomic E-state index is 5.98. The molecule has 0 saturated carbocycles. The van der Waals surface area contributed by atoms with Crippen molar-refractivity contribution in [2.75, 3.05) is 7.11 Å². The van der Waals surface area contributed by atoms with Crippen molar-refractivity contribution in [2.24, 2.45) is 0 Å². The van der Waals surface area contributed by atoms with Crippen molar-refractivity contribution in [3.8, 4) is 29.4 Å². The van der Waals surface area contributed by atoms with E-state index in [1.54, 1.807) is 7.11 Å². The van der Waals surface area contributed by atoms with E-state index in [2.05, 4.69) is 23.7 Å². The summed E-state index contributed by atoms with van der Waals surface area (Å²) in [5, 5.41) is 2.58. The van der Waals surface area contributed by atoms with Crippen LogP contribution >= 0.6 is 11.6 Å². The van der Waals surface area contributed by atoms with Gasteiger partial charge >= 0.3 is 0 Å². The molecule has 1 heterocycles. The van der Waals surface area contributed by atoms with Gasteiger partial charge in [-0.05, 0) is 72.5 Å². The fourth-order valence-electron chi connectivity index (χ4n) is 2.74. The lowest BCUT2D eigenvalue weighted by Crippen LogP contribution is -1.81. The number of fused-ring (bicyclic) bond motifs is 1. The monoisotopic (exact) mass is 382 g/mol. The summed E-state index contributed by atoms with van der Waals surface area (Å²) in [7, 11) is 1.64. The van der Waals surface area contributed by atoms with Crippen LogP contribution in [0.2, 0.25) is 5.02 Å². The van der Waals surface area contributed by atoms with Crippen LogP contribution in [0.5, 0.6) is 5.75 Å². The van der Waals surface area contributed by atoms with Gasteiger partial charge in [-0.15, -0.1) is 0 Å². The van der Waals surface area contributed by atoms with Gasteiger partial charge in [0.15, 0.2) is 11.5 Å². The van der Waals surface area contributed by atoms with Crippen molar-refractivity contribution >= 4 is 22.4 Å². The number of halogens is 1. The summed E-state index contributed by atoms with van der Waals surface area (Å²) in [5.74, 6) is 14.5. The van der Waals surface area contributed by atoms with Gasteiger partial charge < -0.3 is 9.15 Å². The molecule has 0 amide bonds. The third-order valence-corrected chi connectivity index (χ3v) is 4.45. The molecule has 0 fully saturated rings. The first-order valence-electron chi connectivity index (χ1n) is 8.68. The van der Waals surface area contributed by atoms with Crippen LogP contribution in [-0.2, 0) is 0 Å². The Morgan fingerprint density at radius 1 is 0.679 bits per heavy atom. The fraction of sp³-hybridized carbons (Fsp3) is 0.0400. The van der Waals surface area contributed by atoms with Crippen LogP contribution in [-0.4, -0.2) is 7.11 Å². The number of ether oxygens (including phenoxy) is 1. The van der Waals surface area contributed by atoms with Gasteiger partial charge in [0.05, 0.1) is 7.11 Å². The second-order valence-electron chi connectivity index (χ2n) is 6.04. The van der Waals surface area contributed by atoms with Crippen molar-refractivity contribution in [3.05, 3.63) is 100 Å². The minimum absolute atomic E-state index is 0.601. The Kier molecular flexibility index (Phi) is 5.07. The molecule has 0 spiro atoms. The summed E-state index contributed by atoms with van der Waals surface area (Å²) >= 11 is 5.92. The van der Waals surface area contributed by atoms with E-state index >= 15 is 0 Å². The van der Waals surface area contributed by atoms with Gasteiger partial charge in [0, 0.05) is 26.9 Å². The second kappa shape index (κ2) is 7.97. The molecule has 0 aliphatic heterocycles. The highest BCUT2D eigenvalue weighted by Crippen LogP contribution is 2.25. The number of hydrogen-bond donors (Lipinski definition) is 0. The van der Waals surface area contributed by atoms with Crippen molar-refractivity contribution in [1.29, 1.82) is 0 Å². The standard InChI is InChI=1S/C25H15ClO2/c1-27-21-14-8-19(9-15-21)11-17-25-23-5-3-2-4-22(23)24(28-25)16-10-18-6-12-20(26)13-7-18/h2-9,12-15H,1H3. The molecule has 0 radical (unpaired) electrons. The normalized spacial score (nSPS) is 9.93. The predicted octanol–water partition coefficient (Wildman–Crippen LogP) is 5.89. The van der Waals surface area contributed by atoms with Gasteiger partial charge in [-0.2, -0.15) is 0 Å². The van der Waals surface area contributed by atoms with Crippen LogP contribution in [0.15, 0.2) is 77.2 Å². The smallest absolute Gasteiger partial charge is 0.186 e. The van der Waals surface area contributed by atoms with Crippen molar-refractivity contribution in [2.45, 2.75) is 0 Å². The van der Waals surface area contributed by atoms with E-state index in [-0.39, 0.29) is 0 Å². The van der Waals surface area contributed by atoms with Gasteiger partial charge in [0.1, 0.15) is 5.75 Å². The number of methoxy groups -OCH3 is 1. The predicted molar refractivity (Wildman–Crippen MR) is 113 cm³/mol. The van der Waals surface area contributed by atoms with Crippen LogP contribution in [0.4, 0.5) is 0 Å². The van der Waals surface area contributed by atoms with Crippen LogP contribution in [0, 0.1) is 23.7 Å². The number of rotatable bonds is 1. The number of benzene rings is 3. The van der Waals surface area contributed by atoms with E-state index in [0.29, 0.717) is 16.5 Å². The largest absolute Gasteiger partial charge is 0.497 e. The topological polar surface area (TPSA) is 22.4 Å². The third-order valence-electron chi connectivity index (χ3n) is 4.20. The highest BCUT2D eigenvalue weighted by atomic mass is 35.5. The maximum absolute atomic E-state index is 5.98. The Morgan fingerprint density at radius 3 is 1.68 bits per heavy atom. The van der Waals surface area contributed by atoms with Gasteiger partial charge in [0.25, 0.3) is 0 Å². The number of hydrogen-bond acceptors (Lipinski definition) is 2. The Hall–Kier alpha value is -3.59. The van der Waals surface area contributed by atoms with E-state index in [9.17, 15) is 0 Å². The van der Waals surface area contributed by atoms with Crippen molar-refractivity contribution < 1.29 is 9.15 Å². The Balaban J connectivity index is 1.71. The Morgan fingerprint density at radius 2 is 1.18 bits per heavy atom. The molecule has 3 heteroatoms. The zero-order chi connectivity index (χ0) is 19.3. The Bertz CT molecular complexity index is 1240. The molecule has 0 bridgehead atoms. The lowest BCUT2D eigenvalue weighted by atomic mass is 10.1. The van der Waals surface area contributed by atoms with Crippen LogP contribution in [0.25, 0.3) is 10.8 Å².